The first-order valence-corrected chi connectivity index (χ1v) is 6.96. The van der Waals surface area contributed by atoms with Crippen LogP contribution in [0.2, 0.25) is 0 Å². The summed E-state index contributed by atoms with van der Waals surface area (Å²) in [6, 6.07) is 5.97. The van der Waals surface area contributed by atoms with E-state index in [9.17, 15) is 9.18 Å². The van der Waals surface area contributed by atoms with Gasteiger partial charge in [0.05, 0.1) is 17.3 Å². The number of carbonyl (C=O) groups is 1. The van der Waals surface area contributed by atoms with E-state index >= 15 is 0 Å². The Hall–Kier alpha value is -1.95. The molecule has 6 heteroatoms. The third kappa shape index (κ3) is 3.77. The van der Waals surface area contributed by atoms with Crippen molar-refractivity contribution in [3.63, 3.8) is 0 Å². The number of aromatic carboxylic acids is 1. The molecule has 20 heavy (non-hydrogen) atoms. The van der Waals surface area contributed by atoms with Gasteiger partial charge in [-0.05, 0) is 25.5 Å². The number of hydrogen-bond donors (Lipinski definition) is 1. The fourth-order valence-electron chi connectivity index (χ4n) is 1.73. The number of carboxylic acid groups (broad SMARTS) is 1. The monoisotopic (exact) mass is 295 g/mol. The van der Waals surface area contributed by atoms with Gasteiger partial charge in [-0.25, -0.2) is 14.2 Å². The number of nitrogens with zero attached hydrogens (tertiary/aromatic N) is 1. The Labute approximate surface area is 119 Å². The Morgan fingerprint density at radius 2 is 2.30 bits per heavy atom. The molecule has 106 valence electrons. The molecule has 0 aliphatic rings. The van der Waals surface area contributed by atoms with Gasteiger partial charge in [0.1, 0.15) is 16.4 Å². The lowest BCUT2D eigenvalue weighted by Crippen LogP contribution is -1.99. The Morgan fingerprint density at radius 1 is 1.50 bits per heavy atom. The first kappa shape index (κ1) is 14.5. The molecule has 0 atom stereocenters. The topological polar surface area (TPSA) is 59.4 Å². The second-order valence-corrected chi connectivity index (χ2v) is 5.32. The molecule has 0 saturated carbocycles. The van der Waals surface area contributed by atoms with Crippen molar-refractivity contribution in [2.24, 2.45) is 0 Å². The van der Waals surface area contributed by atoms with E-state index in [4.69, 9.17) is 9.84 Å². The first-order valence-electron chi connectivity index (χ1n) is 6.14. The predicted octanol–water partition coefficient (Wildman–Crippen LogP) is 3.30. The highest BCUT2D eigenvalue weighted by Crippen LogP contribution is 2.19. The molecular formula is C14H14FNO3S. The van der Waals surface area contributed by atoms with Crippen molar-refractivity contribution in [2.75, 3.05) is 6.61 Å². The van der Waals surface area contributed by atoms with Crippen molar-refractivity contribution in [1.29, 1.82) is 0 Å². The van der Waals surface area contributed by atoms with Crippen LogP contribution in [0.3, 0.4) is 0 Å². The van der Waals surface area contributed by atoms with Gasteiger partial charge in [0.15, 0.2) is 0 Å². The maximum atomic E-state index is 12.9. The van der Waals surface area contributed by atoms with E-state index in [2.05, 4.69) is 4.98 Å². The molecule has 4 nitrogen and oxygen atoms in total. The fraction of sp³-hybridized carbons (Fsp3) is 0.286. The molecule has 0 aliphatic carbocycles. The minimum Gasteiger partial charge on any atom is -0.493 e. The standard InChI is InChI=1S/C14H14FNO3S/c1-9-13(14(17)18)20-12(16-9)6-3-7-19-11-5-2-4-10(15)8-11/h2,4-5,8H,3,6-7H2,1H3,(H,17,18). The molecular weight excluding hydrogens is 281 g/mol. The summed E-state index contributed by atoms with van der Waals surface area (Å²) in [6.45, 7) is 2.12. The lowest BCUT2D eigenvalue weighted by Gasteiger charge is -2.04. The summed E-state index contributed by atoms with van der Waals surface area (Å²) < 4.78 is 18.3. The zero-order valence-electron chi connectivity index (χ0n) is 10.9. The second kappa shape index (κ2) is 6.47. The van der Waals surface area contributed by atoms with E-state index in [0.29, 0.717) is 30.9 Å². The van der Waals surface area contributed by atoms with Crippen molar-refractivity contribution in [1.82, 2.24) is 4.98 Å². The minimum absolute atomic E-state index is 0.283. The number of aryl methyl sites for hydroxylation is 2. The van der Waals surface area contributed by atoms with Gasteiger partial charge in [-0.15, -0.1) is 11.3 Å². The molecule has 1 heterocycles. The second-order valence-electron chi connectivity index (χ2n) is 4.24. The number of rotatable bonds is 6. The van der Waals surface area contributed by atoms with Gasteiger partial charge < -0.3 is 9.84 Å². The molecule has 1 N–H and O–H groups in total. The van der Waals surface area contributed by atoms with Crippen LogP contribution in [0.1, 0.15) is 26.8 Å². The summed E-state index contributed by atoms with van der Waals surface area (Å²) in [5, 5.41) is 9.72. The lowest BCUT2D eigenvalue weighted by atomic mass is 10.3. The summed E-state index contributed by atoms with van der Waals surface area (Å²) in [7, 11) is 0. The van der Waals surface area contributed by atoms with Crippen LogP contribution in [0.25, 0.3) is 0 Å². The number of halogens is 1. The fourth-order valence-corrected chi connectivity index (χ4v) is 2.67. The van der Waals surface area contributed by atoms with E-state index in [-0.39, 0.29) is 10.7 Å². The third-order valence-corrected chi connectivity index (χ3v) is 3.84. The molecule has 1 aromatic heterocycles. The van der Waals surface area contributed by atoms with Crippen LogP contribution in [0.15, 0.2) is 24.3 Å². The molecule has 2 rings (SSSR count). The Morgan fingerprint density at radius 3 is 2.95 bits per heavy atom. The number of thiazole rings is 1. The first-order chi connectivity index (χ1) is 9.56. The van der Waals surface area contributed by atoms with Crippen molar-refractivity contribution < 1.29 is 19.0 Å². The van der Waals surface area contributed by atoms with Crippen molar-refractivity contribution >= 4 is 17.3 Å². The molecule has 1 aromatic carbocycles. The molecule has 0 aliphatic heterocycles. The highest BCUT2D eigenvalue weighted by Gasteiger charge is 2.13. The Bertz CT molecular complexity index is 612. The van der Waals surface area contributed by atoms with Crippen LogP contribution in [0.4, 0.5) is 4.39 Å². The predicted molar refractivity (Wildman–Crippen MR) is 74.0 cm³/mol. The highest BCUT2D eigenvalue weighted by atomic mass is 32.1. The quantitative estimate of drug-likeness (QED) is 0.831. The van der Waals surface area contributed by atoms with Crippen LogP contribution in [-0.2, 0) is 6.42 Å². The van der Waals surface area contributed by atoms with E-state index in [0.717, 1.165) is 5.01 Å². The number of carboxylic acids is 1. The molecule has 0 radical (unpaired) electrons. The molecule has 0 fully saturated rings. The summed E-state index contributed by atoms with van der Waals surface area (Å²) in [6.07, 6.45) is 1.34. The molecule has 0 saturated heterocycles. The largest absolute Gasteiger partial charge is 0.493 e. The maximum Gasteiger partial charge on any atom is 0.347 e. The van der Waals surface area contributed by atoms with Crippen LogP contribution in [0.5, 0.6) is 5.75 Å². The average Bonchev–Trinajstić information content (AvgIpc) is 2.76. The average molecular weight is 295 g/mol. The van der Waals surface area contributed by atoms with Gasteiger partial charge >= 0.3 is 5.97 Å². The summed E-state index contributed by atoms with van der Waals surface area (Å²) in [5.41, 5.74) is 0.545. The number of benzene rings is 1. The number of ether oxygens (including phenoxy) is 1. The minimum atomic E-state index is -0.942. The van der Waals surface area contributed by atoms with Crippen LogP contribution < -0.4 is 4.74 Å². The zero-order valence-corrected chi connectivity index (χ0v) is 11.7. The molecule has 0 spiro atoms. The molecule has 0 amide bonds. The zero-order chi connectivity index (χ0) is 14.5. The van der Waals surface area contributed by atoms with Gasteiger partial charge in [0.2, 0.25) is 0 Å². The lowest BCUT2D eigenvalue weighted by molar-refractivity contribution is 0.0701. The van der Waals surface area contributed by atoms with Crippen LogP contribution in [-0.4, -0.2) is 22.7 Å². The van der Waals surface area contributed by atoms with Crippen LogP contribution >= 0.6 is 11.3 Å². The van der Waals surface area contributed by atoms with E-state index in [1.807, 2.05) is 0 Å². The van der Waals surface area contributed by atoms with Crippen LogP contribution in [0, 0.1) is 12.7 Å². The molecule has 2 aromatic rings. The van der Waals surface area contributed by atoms with Gasteiger partial charge in [-0.1, -0.05) is 6.07 Å². The van der Waals surface area contributed by atoms with Gasteiger partial charge in [0.25, 0.3) is 0 Å². The van der Waals surface area contributed by atoms with Gasteiger partial charge in [0, 0.05) is 12.5 Å². The summed E-state index contributed by atoms with van der Waals surface area (Å²) >= 11 is 1.19. The Balaban J connectivity index is 1.81. The van der Waals surface area contributed by atoms with Gasteiger partial charge in [-0.3, -0.25) is 0 Å². The van der Waals surface area contributed by atoms with E-state index in [1.165, 1.54) is 23.5 Å². The normalized spacial score (nSPS) is 10.5. The maximum absolute atomic E-state index is 12.9. The summed E-state index contributed by atoms with van der Waals surface area (Å²) in [4.78, 5) is 15.4. The SMILES string of the molecule is Cc1nc(CCCOc2cccc(F)c2)sc1C(=O)O. The molecule has 0 unspecified atom stereocenters. The van der Waals surface area contributed by atoms with Crippen molar-refractivity contribution in [2.45, 2.75) is 19.8 Å². The Kier molecular flexibility index (Phi) is 4.68. The van der Waals surface area contributed by atoms with E-state index < -0.39 is 5.97 Å². The summed E-state index contributed by atoms with van der Waals surface area (Å²) in [5.74, 6) is -0.780. The number of aromatic nitrogens is 1. The van der Waals surface area contributed by atoms with Crippen molar-refractivity contribution in [3.05, 3.63) is 45.7 Å². The van der Waals surface area contributed by atoms with E-state index in [1.54, 1.807) is 19.1 Å². The molecule has 0 bridgehead atoms. The smallest absolute Gasteiger partial charge is 0.347 e. The van der Waals surface area contributed by atoms with Gasteiger partial charge in [-0.2, -0.15) is 0 Å². The van der Waals surface area contributed by atoms with Crippen molar-refractivity contribution in [3.8, 4) is 5.75 Å². The third-order valence-electron chi connectivity index (χ3n) is 2.63. The highest BCUT2D eigenvalue weighted by molar-refractivity contribution is 7.13. The number of hydrogen-bond acceptors (Lipinski definition) is 4.